The van der Waals surface area contributed by atoms with Crippen LogP contribution in [0.15, 0.2) is 6.07 Å². The minimum atomic E-state index is 0.510. The molecule has 90 valence electrons. The van der Waals surface area contributed by atoms with Crippen molar-refractivity contribution in [1.82, 2.24) is 9.97 Å². The molecule has 0 saturated heterocycles. The molecule has 1 rings (SSSR count). The van der Waals surface area contributed by atoms with Crippen LogP contribution in [0.3, 0.4) is 0 Å². The summed E-state index contributed by atoms with van der Waals surface area (Å²) in [6, 6.07) is 1.81. The molecule has 0 aromatic carbocycles. The van der Waals surface area contributed by atoms with Crippen LogP contribution in [0, 0.1) is 6.92 Å². The number of rotatable bonds is 7. The lowest BCUT2D eigenvalue weighted by Gasteiger charge is -2.08. The predicted molar refractivity (Wildman–Crippen MR) is 62.9 cm³/mol. The molecule has 1 aromatic rings. The Morgan fingerprint density at radius 3 is 2.75 bits per heavy atom. The zero-order valence-electron chi connectivity index (χ0n) is 10.1. The van der Waals surface area contributed by atoms with E-state index in [2.05, 4.69) is 15.3 Å². The van der Waals surface area contributed by atoms with Crippen molar-refractivity contribution in [2.45, 2.75) is 20.8 Å². The van der Waals surface area contributed by atoms with Crippen molar-refractivity contribution in [2.75, 3.05) is 31.7 Å². The highest BCUT2D eigenvalue weighted by atomic mass is 16.5. The van der Waals surface area contributed by atoms with E-state index in [1.54, 1.807) is 0 Å². The van der Waals surface area contributed by atoms with Crippen LogP contribution in [0.5, 0.6) is 5.88 Å². The van der Waals surface area contributed by atoms with Crippen LogP contribution < -0.4 is 10.1 Å². The summed E-state index contributed by atoms with van der Waals surface area (Å²) in [7, 11) is 0. The summed E-state index contributed by atoms with van der Waals surface area (Å²) in [5.74, 6) is 1.19. The van der Waals surface area contributed by atoms with Gasteiger partial charge in [0.15, 0.2) is 0 Å². The maximum atomic E-state index is 5.46. The lowest BCUT2D eigenvalue weighted by atomic mass is 10.4. The van der Waals surface area contributed by atoms with Gasteiger partial charge >= 0.3 is 0 Å². The summed E-state index contributed by atoms with van der Waals surface area (Å²) < 4.78 is 10.6. The molecule has 0 atom stereocenters. The highest BCUT2D eigenvalue weighted by Crippen LogP contribution is 2.11. The van der Waals surface area contributed by atoms with Crippen LogP contribution in [-0.2, 0) is 4.74 Å². The molecule has 0 unspecified atom stereocenters. The van der Waals surface area contributed by atoms with E-state index < -0.39 is 0 Å². The number of hydrogen-bond donors (Lipinski definition) is 1. The molecular weight excluding hydrogens is 206 g/mol. The van der Waals surface area contributed by atoms with Gasteiger partial charge in [0.2, 0.25) is 11.8 Å². The fraction of sp³-hybridized carbons (Fsp3) is 0.636. The van der Waals surface area contributed by atoms with Crippen molar-refractivity contribution in [1.29, 1.82) is 0 Å². The van der Waals surface area contributed by atoms with Gasteiger partial charge in [0.1, 0.15) is 6.61 Å². The summed E-state index contributed by atoms with van der Waals surface area (Å²) >= 11 is 0. The molecule has 0 fully saturated rings. The van der Waals surface area contributed by atoms with Crippen LogP contribution in [0.2, 0.25) is 0 Å². The van der Waals surface area contributed by atoms with Gasteiger partial charge in [-0.2, -0.15) is 4.98 Å². The normalized spacial score (nSPS) is 10.2. The van der Waals surface area contributed by atoms with E-state index in [1.807, 2.05) is 26.8 Å². The fourth-order valence-electron chi connectivity index (χ4n) is 1.20. The Bertz CT molecular complexity index is 318. The molecule has 1 N–H and O–H groups in total. The molecule has 0 saturated carbocycles. The van der Waals surface area contributed by atoms with E-state index >= 15 is 0 Å². The van der Waals surface area contributed by atoms with Gasteiger partial charge < -0.3 is 14.8 Å². The first-order valence-electron chi connectivity index (χ1n) is 5.56. The molecule has 5 nitrogen and oxygen atoms in total. The number of anilines is 1. The largest absolute Gasteiger partial charge is 0.475 e. The van der Waals surface area contributed by atoms with Crippen molar-refractivity contribution < 1.29 is 9.47 Å². The summed E-state index contributed by atoms with van der Waals surface area (Å²) in [4.78, 5) is 8.46. The summed E-state index contributed by atoms with van der Waals surface area (Å²) in [5, 5.41) is 3.06. The van der Waals surface area contributed by atoms with Crippen LogP contribution in [0.1, 0.15) is 19.5 Å². The molecule has 1 heterocycles. The zero-order chi connectivity index (χ0) is 11.8. The Morgan fingerprint density at radius 1 is 1.25 bits per heavy atom. The van der Waals surface area contributed by atoms with E-state index in [0.717, 1.165) is 12.2 Å². The van der Waals surface area contributed by atoms with Crippen LogP contribution in [0.4, 0.5) is 5.95 Å². The maximum Gasteiger partial charge on any atom is 0.226 e. The van der Waals surface area contributed by atoms with E-state index in [0.29, 0.717) is 31.6 Å². The molecule has 0 amide bonds. The number of nitrogens with zero attached hydrogens (tertiary/aromatic N) is 2. The average Bonchev–Trinajstić information content (AvgIpc) is 2.24. The average molecular weight is 225 g/mol. The number of ether oxygens (including phenoxy) is 2. The Balaban J connectivity index is 2.51. The molecule has 0 aliphatic rings. The van der Waals surface area contributed by atoms with E-state index in [1.165, 1.54) is 0 Å². The van der Waals surface area contributed by atoms with Crippen molar-refractivity contribution in [2.24, 2.45) is 0 Å². The Morgan fingerprint density at radius 2 is 2.06 bits per heavy atom. The molecular formula is C11H19N3O2. The van der Waals surface area contributed by atoms with Gasteiger partial charge in [-0.25, -0.2) is 4.98 Å². The molecule has 0 spiro atoms. The second-order valence-corrected chi connectivity index (χ2v) is 3.25. The molecule has 0 radical (unpaired) electrons. The van der Waals surface area contributed by atoms with Crippen LogP contribution in [0.25, 0.3) is 0 Å². The maximum absolute atomic E-state index is 5.46. The number of aryl methyl sites for hydroxylation is 1. The first-order valence-corrected chi connectivity index (χ1v) is 5.56. The molecule has 0 bridgehead atoms. The summed E-state index contributed by atoms with van der Waals surface area (Å²) in [6.07, 6.45) is 0. The van der Waals surface area contributed by atoms with Crippen LogP contribution in [-0.4, -0.2) is 36.3 Å². The third kappa shape index (κ3) is 4.44. The zero-order valence-corrected chi connectivity index (χ0v) is 10.1. The second kappa shape index (κ2) is 7.00. The SMILES string of the molecule is CCNc1nc(C)cc(OCCOCC)n1. The van der Waals surface area contributed by atoms with E-state index in [4.69, 9.17) is 9.47 Å². The third-order valence-electron chi connectivity index (χ3n) is 1.85. The molecule has 16 heavy (non-hydrogen) atoms. The lowest BCUT2D eigenvalue weighted by molar-refractivity contribution is 0.108. The second-order valence-electron chi connectivity index (χ2n) is 3.25. The minimum Gasteiger partial charge on any atom is -0.475 e. The first-order chi connectivity index (χ1) is 7.76. The highest BCUT2D eigenvalue weighted by molar-refractivity contribution is 5.30. The van der Waals surface area contributed by atoms with E-state index in [-0.39, 0.29) is 0 Å². The monoisotopic (exact) mass is 225 g/mol. The number of nitrogens with one attached hydrogen (secondary N) is 1. The molecule has 1 aromatic heterocycles. The van der Waals surface area contributed by atoms with Gasteiger partial charge in [-0.05, 0) is 20.8 Å². The summed E-state index contributed by atoms with van der Waals surface area (Å²) in [6.45, 7) is 8.46. The fourth-order valence-corrected chi connectivity index (χ4v) is 1.20. The van der Waals surface area contributed by atoms with Gasteiger partial charge in [0, 0.05) is 24.9 Å². The van der Waals surface area contributed by atoms with Crippen LogP contribution >= 0.6 is 0 Å². The van der Waals surface area contributed by atoms with Gasteiger partial charge in [-0.3, -0.25) is 0 Å². The van der Waals surface area contributed by atoms with E-state index in [9.17, 15) is 0 Å². The molecule has 5 heteroatoms. The predicted octanol–water partition coefficient (Wildman–Crippen LogP) is 1.63. The quantitative estimate of drug-likeness (QED) is 0.715. The summed E-state index contributed by atoms with van der Waals surface area (Å²) in [5.41, 5.74) is 0.886. The van der Waals surface area contributed by atoms with Crippen molar-refractivity contribution in [3.63, 3.8) is 0 Å². The lowest BCUT2D eigenvalue weighted by Crippen LogP contribution is -2.09. The van der Waals surface area contributed by atoms with Crippen molar-refractivity contribution in [3.8, 4) is 5.88 Å². The van der Waals surface area contributed by atoms with Gasteiger partial charge in [0.05, 0.1) is 6.61 Å². The number of hydrogen-bond acceptors (Lipinski definition) is 5. The smallest absolute Gasteiger partial charge is 0.226 e. The first kappa shape index (κ1) is 12.7. The standard InChI is InChI=1S/C11H19N3O2/c1-4-12-11-13-9(3)8-10(14-11)16-7-6-15-5-2/h8H,4-7H2,1-3H3,(H,12,13,14). The van der Waals surface area contributed by atoms with Crippen molar-refractivity contribution in [3.05, 3.63) is 11.8 Å². The third-order valence-corrected chi connectivity index (χ3v) is 1.85. The molecule has 0 aliphatic carbocycles. The van der Waals surface area contributed by atoms with Gasteiger partial charge in [0.25, 0.3) is 0 Å². The van der Waals surface area contributed by atoms with Gasteiger partial charge in [-0.1, -0.05) is 0 Å². The minimum absolute atomic E-state index is 0.510. The topological polar surface area (TPSA) is 56.3 Å². The Hall–Kier alpha value is -1.36. The molecule has 0 aliphatic heterocycles. The van der Waals surface area contributed by atoms with Crippen molar-refractivity contribution >= 4 is 5.95 Å². The Kier molecular flexibility index (Phi) is 5.56. The van der Waals surface area contributed by atoms with Gasteiger partial charge in [-0.15, -0.1) is 0 Å². The number of aromatic nitrogens is 2. The highest BCUT2D eigenvalue weighted by Gasteiger charge is 2.01. The Labute approximate surface area is 96.2 Å².